The van der Waals surface area contributed by atoms with E-state index in [4.69, 9.17) is 9.47 Å². The molecule has 3 fully saturated rings. The minimum Gasteiger partial charge on any atom is -0.465 e. The second-order valence-electron chi connectivity index (χ2n) is 14.7. The fraction of sp³-hybridized carbons (Fsp3) is 0.529. The topological polar surface area (TPSA) is 218 Å². The molecule has 2 saturated carbocycles. The average Bonchev–Trinajstić information content (AvgIpc) is 3.94. The number of halogens is 1. The molecule has 1 saturated heterocycles. The normalized spacial score (nSPS) is 29.1. The molecule has 0 spiro atoms. The van der Waals surface area contributed by atoms with Crippen LogP contribution in [0.3, 0.4) is 0 Å². The number of benzene rings is 1. The molecule has 2 aliphatic carbocycles. The number of esters is 1. The van der Waals surface area contributed by atoms with Gasteiger partial charge in [0, 0.05) is 30.0 Å². The summed E-state index contributed by atoms with van der Waals surface area (Å²) in [4.78, 5) is 82.4. The van der Waals surface area contributed by atoms with Gasteiger partial charge in [-0.2, -0.15) is 0 Å². The summed E-state index contributed by atoms with van der Waals surface area (Å²) < 4.78 is 53.1. The molecule has 0 aromatic heterocycles. The maximum atomic E-state index is 14.9. The summed E-state index contributed by atoms with van der Waals surface area (Å²) in [6.45, 7) is 3.57. The highest BCUT2D eigenvalue weighted by molar-refractivity contribution is 7.91. The van der Waals surface area contributed by atoms with E-state index in [0.29, 0.717) is 18.4 Å². The van der Waals surface area contributed by atoms with Crippen LogP contribution in [0, 0.1) is 17.7 Å². The number of alkyl carbamates (subject to hydrolysis) is 1. The van der Waals surface area contributed by atoms with Gasteiger partial charge in [0.1, 0.15) is 35.6 Å². The molecule has 280 valence electrons. The third-order valence-corrected chi connectivity index (χ3v) is 11.6. The van der Waals surface area contributed by atoms with Crippen LogP contribution in [-0.2, 0) is 45.2 Å². The molecule has 5 aliphatic rings. The largest absolute Gasteiger partial charge is 0.465 e. The Balaban J connectivity index is 1.37. The van der Waals surface area contributed by atoms with Crippen molar-refractivity contribution < 1.29 is 56.2 Å². The monoisotopic (exact) mass is 745 g/mol. The maximum Gasteiger partial charge on any atom is 0.408 e. The van der Waals surface area contributed by atoms with E-state index in [2.05, 4.69) is 15.4 Å². The van der Waals surface area contributed by atoms with Gasteiger partial charge in [0.05, 0.1) is 17.8 Å². The van der Waals surface area contributed by atoms with Crippen molar-refractivity contribution in [3.63, 3.8) is 0 Å². The Labute approximate surface area is 298 Å². The van der Waals surface area contributed by atoms with Gasteiger partial charge in [-0.1, -0.05) is 30.4 Å². The molecule has 6 atom stereocenters. The van der Waals surface area contributed by atoms with Gasteiger partial charge < -0.3 is 30.1 Å². The molecule has 3 aliphatic heterocycles. The first-order chi connectivity index (χ1) is 24.4. The molecular formula is C34H40FN5O11S. The Hall–Kier alpha value is -5.00. The zero-order chi connectivity index (χ0) is 37.7. The fourth-order valence-electron chi connectivity index (χ4n) is 7.08. The van der Waals surface area contributed by atoms with E-state index in [9.17, 15) is 46.7 Å². The lowest BCUT2D eigenvalue weighted by Crippen LogP contribution is -2.59. The predicted octanol–water partition coefficient (Wildman–Crippen LogP) is 1.62. The molecule has 1 aromatic carbocycles. The Bertz CT molecular complexity index is 1870. The second kappa shape index (κ2) is 13.5. The molecule has 5 amide bonds. The molecule has 1 aromatic rings. The van der Waals surface area contributed by atoms with E-state index < -0.39 is 105 Å². The Morgan fingerprint density at radius 2 is 1.87 bits per heavy atom. The minimum absolute atomic E-state index is 0.00542. The van der Waals surface area contributed by atoms with Gasteiger partial charge in [0.25, 0.3) is 5.91 Å². The number of cyclic esters (lactones) is 1. The third-order valence-electron chi connectivity index (χ3n) is 9.78. The number of nitrogens with one attached hydrogen (secondary N) is 3. The zero-order valence-electron chi connectivity index (χ0n) is 28.7. The number of carbonyl (C=O) groups excluding carboxylic acids is 5. The summed E-state index contributed by atoms with van der Waals surface area (Å²) in [6, 6.07) is 0.253. The number of hydrogen-bond donors (Lipinski definition) is 4. The van der Waals surface area contributed by atoms with Gasteiger partial charge in [-0.25, -0.2) is 27.2 Å². The van der Waals surface area contributed by atoms with Crippen molar-refractivity contribution in [2.24, 2.45) is 11.8 Å². The molecule has 6 rings (SSSR count). The molecule has 18 heteroatoms. The van der Waals surface area contributed by atoms with E-state index in [1.165, 1.54) is 30.4 Å². The second-order valence-corrected chi connectivity index (χ2v) is 16.6. The maximum absolute atomic E-state index is 14.9. The smallest absolute Gasteiger partial charge is 0.408 e. The van der Waals surface area contributed by atoms with Crippen molar-refractivity contribution in [1.29, 1.82) is 0 Å². The van der Waals surface area contributed by atoms with Crippen LogP contribution in [-0.4, -0.2) is 101 Å². The van der Waals surface area contributed by atoms with Gasteiger partial charge in [0.2, 0.25) is 21.8 Å². The number of rotatable bonds is 5. The molecule has 1 unspecified atom stereocenters. The summed E-state index contributed by atoms with van der Waals surface area (Å²) in [6.07, 6.45) is 3.51. The van der Waals surface area contributed by atoms with Crippen LogP contribution in [0.15, 0.2) is 42.5 Å². The first kappa shape index (κ1) is 36.8. The number of allylic oxidation sites excluding steroid dienone is 2. The number of carbonyl (C=O) groups is 6. The number of sulfonamides is 1. The Morgan fingerprint density at radius 1 is 1.13 bits per heavy atom. The fourth-order valence-corrected chi connectivity index (χ4v) is 8.44. The van der Waals surface area contributed by atoms with Gasteiger partial charge >= 0.3 is 18.2 Å². The molecular weight excluding hydrogens is 705 g/mol. The zero-order valence-corrected chi connectivity index (χ0v) is 29.5. The number of ether oxygens (including phenoxy) is 2. The van der Waals surface area contributed by atoms with Crippen molar-refractivity contribution >= 4 is 45.9 Å². The summed E-state index contributed by atoms with van der Waals surface area (Å²) in [5.41, 5.74) is -2.20. The van der Waals surface area contributed by atoms with Gasteiger partial charge in [0.15, 0.2) is 0 Å². The van der Waals surface area contributed by atoms with Crippen molar-refractivity contribution in [3.8, 4) is 0 Å². The first-order valence-corrected chi connectivity index (χ1v) is 18.4. The van der Waals surface area contributed by atoms with Crippen LogP contribution in [0.2, 0.25) is 0 Å². The number of carboxylic acid groups (broad SMARTS) is 1. The van der Waals surface area contributed by atoms with E-state index >= 15 is 0 Å². The third kappa shape index (κ3) is 7.47. The SMILES string of the molecule is CC(C)(C)OC(=O)N[C@H]1COC(=O)C=CC=C[C@@H]2C[C@@]2(C(=O)NS(=O)(=O)C2CC2)NC(=O)[C@@H]2C[C@@H](C3c4cccc(F)c4CN3C(=O)O)CN2C1=O. The molecule has 4 N–H and O–H groups in total. The van der Waals surface area contributed by atoms with Crippen LogP contribution in [0.5, 0.6) is 0 Å². The lowest BCUT2D eigenvalue weighted by Gasteiger charge is -2.30. The number of nitrogens with zero attached hydrogens (tertiary/aromatic N) is 2. The summed E-state index contributed by atoms with van der Waals surface area (Å²) in [5, 5.41) is 14.5. The van der Waals surface area contributed by atoms with Crippen molar-refractivity contribution in [2.75, 3.05) is 13.2 Å². The highest BCUT2D eigenvalue weighted by Crippen LogP contribution is 2.48. The van der Waals surface area contributed by atoms with E-state index in [1.54, 1.807) is 26.8 Å². The van der Waals surface area contributed by atoms with Crippen LogP contribution in [0.1, 0.15) is 63.6 Å². The molecule has 52 heavy (non-hydrogen) atoms. The number of fused-ring (bicyclic) bond motifs is 3. The summed E-state index contributed by atoms with van der Waals surface area (Å²) >= 11 is 0. The predicted molar refractivity (Wildman–Crippen MR) is 178 cm³/mol. The minimum atomic E-state index is -4.02. The molecule has 16 nitrogen and oxygen atoms in total. The van der Waals surface area contributed by atoms with Crippen LogP contribution < -0.4 is 15.4 Å². The first-order valence-electron chi connectivity index (χ1n) is 16.9. The van der Waals surface area contributed by atoms with E-state index in [0.717, 1.165) is 15.9 Å². The van der Waals surface area contributed by atoms with Crippen molar-refractivity contribution in [3.05, 3.63) is 59.4 Å². The van der Waals surface area contributed by atoms with E-state index in [-0.39, 0.29) is 31.5 Å². The van der Waals surface area contributed by atoms with Crippen LogP contribution in [0.25, 0.3) is 0 Å². The van der Waals surface area contributed by atoms with Crippen LogP contribution >= 0.6 is 0 Å². The van der Waals surface area contributed by atoms with E-state index in [1.807, 2.05) is 0 Å². The van der Waals surface area contributed by atoms with Crippen molar-refractivity contribution in [1.82, 2.24) is 25.2 Å². The molecule has 3 heterocycles. The molecule has 0 radical (unpaired) electrons. The summed E-state index contributed by atoms with van der Waals surface area (Å²) in [7, 11) is -4.02. The quantitative estimate of drug-likeness (QED) is 0.318. The highest BCUT2D eigenvalue weighted by Gasteiger charge is 2.62. The lowest BCUT2D eigenvalue weighted by atomic mass is 9.90. The number of hydrogen-bond acceptors (Lipinski definition) is 10. The van der Waals surface area contributed by atoms with Gasteiger partial charge in [-0.05, 0) is 58.1 Å². The van der Waals surface area contributed by atoms with Crippen LogP contribution in [0.4, 0.5) is 14.0 Å². The Kier molecular flexibility index (Phi) is 9.56. The molecule has 0 bridgehead atoms. The number of amides is 5. The standard InChI is InChI=1S/C34H40FN5O11S/c1-33(2,3)51-31(45)36-24-17-50-26(41)10-5-4-7-19-14-34(19,30(44)38-52(48,49)20-11-12-20)37-28(42)25-13-18(15-39(25)29(24)43)27-21-8-6-9-23(35)22(21)16-40(27)32(46)47/h4-10,18-20,24-25,27H,11-17H2,1-3H3,(H,36,45)(H,37,42)(H,38,44)(H,46,47)/t18-,19-,24+,25+,27?,34-/m1/s1. The summed E-state index contributed by atoms with van der Waals surface area (Å²) in [5.74, 6) is -5.70. The van der Waals surface area contributed by atoms with Gasteiger partial charge in [-0.15, -0.1) is 0 Å². The Morgan fingerprint density at radius 3 is 2.54 bits per heavy atom. The highest BCUT2D eigenvalue weighted by atomic mass is 32.2. The van der Waals surface area contributed by atoms with Gasteiger partial charge in [-0.3, -0.25) is 24.0 Å². The average molecular weight is 746 g/mol. The lowest BCUT2D eigenvalue weighted by molar-refractivity contribution is -0.145. The van der Waals surface area contributed by atoms with Crippen molar-refractivity contribution in [2.45, 2.75) is 87.5 Å².